The van der Waals surface area contributed by atoms with Gasteiger partial charge in [0.1, 0.15) is 5.82 Å². The molecule has 1 heterocycles. The van der Waals surface area contributed by atoms with Crippen LogP contribution in [0.5, 0.6) is 0 Å². The molecule has 0 fully saturated rings. The third-order valence-corrected chi connectivity index (χ3v) is 2.59. The first-order valence-electron chi connectivity index (χ1n) is 5.58. The Kier molecular flexibility index (Phi) is 3.14. The van der Waals surface area contributed by atoms with Crippen LogP contribution in [0.25, 0.3) is 5.69 Å². The van der Waals surface area contributed by atoms with E-state index in [2.05, 4.69) is 5.10 Å². The van der Waals surface area contributed by atoms with E-state index < -0.39 is 11.8 Å². The molecule has 0 amide bonds. The SMILES string of the molecule is CC(C)c1cc(C(=O)O)n(-c2cccc(F)c2)n1. The highest BCUT2D eigenvalue weighted by Gasteiger charge is 2.17. The average molecular weight is 248 g/mol. The Hall–Kier alpha value is -2.17. The first-order chi connectivity index (χ1) is 8.49. The monoisotopic (exact) mass is 248 g/mol. The molecule has 0 aliphatic rings. The lowest BCUT2D eigenvalue weighted by Crippen LogP contribution is -2.08. The Bertz CT molecular complexity index is 590. The molecule has 0 aliphatic heterocycles. The van der Waals surface area contributed by atoms with Gasteiger partial charge >= 0.3 is 5.97 Å². The number of carboxylic acid groups (broad SMARTS) is 1. The molecule has 0 spiro atoms. The Balaban J connectivity index is 2.58. The number of halogens is 1. The summed E-state index contributed by atoms with van der Waals surface area (Å²) in [6.07, 6.45) is 0. The van der Waals surface area contributed by atoms with Gasteiger partial charge in [0.2, 0.25) is 0 Å². The molecule has 94 valence electrons. The number of hydrogen-bond acceptors (Lipinski definition) is 2. The zero-order valence-electron chi connectivity index (χ0n) is 10.1. The standard InChI is InChI=1S/C13H13FN2O2/c1-8(2)11-7-12(13(17)18)16(15-11)10-5-3-4-9(14)6-10/h3-8H,1-2H3,(H,17,18). The van der Waals surface area contributed by atoms with E-state index in [0.717, 1.165) is 0 Å². The van der Waals surface area contributed by atoms with Crippen LogP contribution in [0.3, 0.4) is 0 Å². The molecule has 0 bridgehead atoms. The third-order valence-electron chi connectivity index (χ3n) is 2.59. The number of rotatable bonds is 3. The fourth-order valence-corrected chi connectivity index (χ4v) is 1.64. The maximum absolute atomic E-state index is 13.2. The van der Waals surface area contributed by atoms with Crippen LogP contribution in [0.2, 0.25) is 0 Å². The van der Waals surface area contributed by atoms with Crippen molar-refractivity contribution in [2.24, 2.45) is 0 Å². The molecular weight excluding hydrogens is 235 g/mol. The highest BCUT2D eigenvalue weighted by atomic mass is 19.1. The second-order valence-corrected chi connectivity index (χ2v) is 4.31. The Morgan fingerprint density at radius 2 is 2.11 bits per heavy atom. The fraction of sp³-hybridized carbons (Fsp3) is 0.231. The van der Waals surface area contributed by atoms with Gasteiger partial charge in [0.25, 0.3) is 0 Å². The predicted molar refractivity (Wildman–Crippen MR) is 64.6 cm³/mol. The molecule has 18 heavy (non-hydrogen) atoms. The molecule has 1 N–H and O–H groups in total. The summed E-state index contributed by atoms with van der Waals surface area (Å²) in [6.45, 7) is 3.84. The molecule has 0 unspecified atom stereocenters. The summed E-state index contributed by atoms with van der Waals surface area (Å²) in [4.78, 5) is 11.2. The molecule has 2 rings (SSSR count). The van der Waals surface area contributed by atoms with Crippen molar-refractivity contribution < 1.29 is 14.3 Å². The van der Waals surface area contributed by atoms with Gasteiger partial charge in [0, 0.05) is 0 Å². The third kappa shape index (κ3) is 2.25. The molecule has 0 saturated heterocycles. The van der Waals surface area contributed by atoms with Crippen LogP contribution in [0.15, 0.2) is 30.3 Å². The van der Waals surface area contributed by atoms with Crippen LogP contribution in [0.1, 0.15) is 35.9 Å². The van der Waals surface area contributed by atoms with Gasteiger partial charge in [0.15, 0.2) is 5.69 Å². The van der Waals surface area contributed by atoms with Gasteiger partial charge in [-0.1, -0.05) is 19.9 Å². The van der Waals surface area contributed by atoms with Crippen molar-refractivity contribution in [2.75, 3.05) is 0 Å². The molecular formula is C13H13FN2O2. The minimum Gasteiger partial charge on any atom is -0.477 e. The topological polar surface area (TPSA) is 55.1 Å². The summed E-state index contributed by atoms with van der Waals surface area (Å²) in [5, 5.41) is 13.3. The van der Waals surface area contributed by atoms with E-state index in [9.17, 15) is 9.18 Å². The van der Waals surface area contributed by atoms with E-state index in [1.54, 1.807) is 6.07 Å². The second kappa shape index (κ2) is 4.60. The normalized spacial score (nSPS) is 10.9. The van der Waals surface area contributed by atoms with Gasteiger partial charge < -0.3 is 5.11 Å². The lowest BCUT2D eigenvalue weighted by Gasteiger charge is -2.04. The fourth-order valence-electron chi connectivity index (χ4n) is 1.64. The number of carbonyl (C=O) groups is 1. The van der Waals surface area contributed by atoms with Gasteiger partial charge in [-0.15, -0.1) is 0 Å². The van der Waals surface area contributed by atoms with Crippen molar-refractivity contribution in [1.29, 1.82) is 0 Å². The molecule has 4 nitrogen and oxygen atoms in total. The van der Waals surface area contributed by atoms with Gasteiger partial charge in [-0.3, -0.25) is 0 Å². The Labute approximate surface area is 104 Å². The largest absolute Gasteiger partial charge is 0.477 e. The van der Waals surface area contributed by atoms with Crippen LogP contribution in [0.4, 0.5) is 4.39 Å². The van der Waals surface area contributed by atoms with Crippen molar-refractivity contribution in [2.45, 2.75) is 19.8 Å². The number of aromatic nitrogens is 2. The maximum Gasteiger partial charge on any atom is 0.354 e. The van der Waals surface area contributed by atoms with Gasteiger partial charge in [0.05, 0.1) is 11.4 Å². The van der Waals surface area contributed by atoms with E-state index in [1.807, 2.05) is 13.8 Å². The molecule has 0 saturated carbocycles. The van der Waals surface area contributed by atoms with E-state index in [0.29, 0.717) is 11.4 Å². The van der Waals surface area contributed by atoms with Crippen LogP contribution in [-0.4, -0.2) is 20.9 Å². The number of benzene rings is 1. The van der Waals surface area contributed by atoms with Crippen LogP contribution < -0.4 is 0 Å². The second-order valence-electron chi connectivity index (χ2n) is 4.31. The van der Waals surface area contributed by atoms with Gasteiger partial charge in [-0.05, 0) is 30.2 Å². The van der Waals surface area contributed by atoms with Crippen molar-refractivity contribution in [1.82, 2.24) is 9.78 Å². The van der Waals surface area contributed by atoms with Crippen molar-refractivity contribution in [3.8, 4) is 5.69 Å². The summed E-state index contributed by atoms with van der Waals surface area (Å²) in [5.74, 6) is -1.40. The quantitative estimate of drug-likeness (QED) is 0.908. The highest BCUT2D eigenvalue weighted by Crippen LogP contribution is 2.18. The lowest BCUT2D eigenvalue weighted by atomic mass is 10.1. The van der Waals surface area contributed by atoms with Crippen LogP contribution in [0, 0.1) is 5.82 Å². The zero-order valence-corrected chi connectivity index (χ0v) is 10.1. The number of aromatic carboxylic acids is 1. The van der Waals surface area contributed by atoms with E-state index in [-0.39, 0.29) is 11.6 Å². The molecule has 2 aromatic rings. The summed E-state index contributed by atoms with van der Waals surface area (Å²) in [7, 11) is 0. The number of hydrogen-bond donors (Lipinski definition) is 1. The lowest BCUT2D eigenvalue weighted by molar-refractivity contribution is 0.0687. The summed E-state index contributed by atoms with van der Waals surface area (Å²) < 4.78 is 14.4. The average Bonchev–Trinajstić information content (AvgIpc) is 2.73. The minimum atomic E-state index is -1.08. The first-order valence-corrected chi connectivity index (χ1v) is 5.58. The predicted octanol–water partition coefficient (Wildman–Crippen LogP) is 2.83. The molecule has 0 radical (unpaired) electrons. The summed E-state index contributed by atoms with van der Waals surface area (Å²) >= 11 is 0. The molecule has 0 atom stereocenters. The van der Waals surface area contributed by atoms with Crippen LogP contribution in [-0.2, 0) is 0 Å². The first kappa shape index (κ1) is 12.3. The van der Waals surface area contributed by atoms with Gasteiger partial charge in [-0.25, -0.2) is 13.9 Å². The minimum absolute atomic E-state index is 0.0318. The molecule has 5 heteroatoms. The summed E-state index contributed by atoms with van der Waals surface area (Å²) in [5.41, 5.74) is 1.10. The van der Waals surface area contributed by atoms with Crippen LogP contribution >= 0.6 is 0 Å². The molecule has 1 aromatic heterocycles. The van der Waals surface area contributed by atoms with Crippen molar-refractivity contribution in [3.63, 3.8) is 0 Å². The highest BCUT2D eigenvalue weighted by molar-refractivity contribution is 5.86. The van der Waals surface area contributed by atoms with E-state index in [4.69, 9.17) is 5.11 Å². The number of carboxylic acids is 1. The Morgan fingerprint density at radius 3 is 2.67 bits per heavy atom. The smallest absolute Gasteiger partial charge is 0.354 e. The van der Waals surface area contributed by atoms with Crippen molar-refractivity contribution >= 4 is 5.97 Å². The van der Waals surface area contributed by atoms with Crippen molar-refractivity contribution in [3.05, 3.63) is 47.5 Å². The summed E-state index contributed by atoms with van der Waals surface area (Å²) in [6, 6.07) is 7.21. The number of nitrogens with zero attached hydrogens (tertiary/aromatic N) is 2. The maximum atomic E-state index is 13.2. The molecule has 1 aromatic carbocycles. The van der Waals surface area contributed by atoms with Gasteiger partial charge in [-0.2, -0.15) is 5.10 Å². The zero-order chi connectivity index (χ0) is 13.3. The molecule has 0 aliphatic carbocycles. The van der Waals surface area contributed by atoms with E-state index >= 15 is 0 Å². The van der Waals surface area contributed by atoms with E-state index in [1.165, 1.54) is 28.9 Å². The Morgan fingerprint density at radius 1 is 1.39 bits per heavy atom.